The Morgan fingerprint density at radius 3 is 2.81 bits per heavy atom. The van der Waals surface area contributed by atoms with Crippen molar-refractivity contribution in [2.75, 3.05) is 20.8 Å². The number of aryl methyl sites for hydroxylation is 1. The third kappa shape index (κ3) is 3.65. The summed E-state index contributed by atoms with van der Waals surface area (Å²) in [7, 11) is 3.14. The van der Waals surface area contributed by atoms with E-state index in [2.05, 4.69) is 5.32 Å². The monoisotopic (exact) mass is 309 g/mol. The molecule has 1 atom stereocenters. The van der Waals surface area contributed by atoms with Crippen LogP contribution in [0.3, 0.4) is 0 Å². The average molecular weight is 309 g/mol. The lowest BCUT2D eigenvalue weighted by Crippen LogP contribution is -2.30. The molecule has 1 amide bonds. The van der Waals surface area contributed by atoms with Gasteiger partial charge >= 0.3 is 0 Å². The number of rotatable bonds is 7. The molecule has 0 bridgehead atoms. The van der Waals surface area contributed by atoms with Crippen molar-refractivity contribution in [3.05, 3.63) is 40.0 Å². The maximum atomic E-state index is 12.3. The van der Waals surface area contributed by atoms with E-state index in [0.29, 0.717) is 23.0 Å². The summed E-state index contributed by atoms with van der Waals surface area (Å²) in [6, 6.07) is 5.23. The van der Waals surface area contributed by atoms with E-state index in [0.717, 1.165) is 12.2 Å². The summed E-state index contributed by atoms with van der Waals surface area (Å²) in [5.74, 6) is 1.95. The molecule has 5 nitrogen and oxygen atoms in total. The van der Waals surface area contributed by atoms with Crippen molar-refractivity contribution < 1.29 is 18.7 Å². The largest absolute Gasteiger partial charge is 0.495 e. The van der Waals surface area contributed by atoms with Crippen LogP contribution in [0, 0.1) is 0 Å². The predicted octanol–water partition coefficient (Wildman–Crippen LogP) is 3.03. The molecule has 0 unspecified atom stereocenters. The minimum absolute atomic E-state index is 0.196. The van der Waals surface area contributed by atoms with Crippen LogP contribution in [0.15, 0.2) is 28.0 Å². The van der Waals surface area contributed by atoms with E-state index < -0.39 is 0 Å². The highest BCUT2D eigenvalue weighted by Gasteiger charge is 2.21. The van der Waals surface area contributed by atoms with Crippen molar-refractivity contribution in [1.29, 1.82) is 0 Å². The summed E-state index contributed by atoms with van der Waals surface area (Å²) < 4.78 is 16.0. The molecule has 2 aromatic heterocycles. The first-order valence-corrected chi connectivity index (χ1v) is 7.57. The Kier molecular flexibility index (Phi) is 5.41. The SMILES string of the molecule is CCc1ccc([C@@H](COC)NC(=O)c2sccc2OC)o1. The first-order chi connectivity index (χ1) is 10.2. The Morgan fingerprint density at radius 2 is 2.19 bits per heavy atom. The second kappa shape index (κ2) is 7.28. The third-order valence-electron chi connectivity index (χ3n) is 3.07. The second-order valence-electron chi connectivity index (χ2n) is 4.46. The van der Waals surface area contributed by atoms with Gasteiger partial charge in [0.05, 0.1) is 13.7 Å². The topological polar surface area (TPSA) is 60.7 Å². The molecule has 21 heavy (non-hydrogen) atoms. The van der Waals surface area contributed by atoms with Crippen LogP contribution in [-0.4, -0.2) is 26.7 Å². The fourth-order valence-electron chi connectivity index (χ4n) is 1.98. The fourth-order valence-corrected chi connectivity index (χ4v) is 2.74. The highest BCUT2D eigenvalue weighted by molar-refractivity contribution is 7.12. The summed E-state index contributed by atoms with van der Waals surface area (Å²) in [6.07, 6.45) is 0.812. The third-order valence-corrected chi connectivity index (χ3v) is 3.96. The Balaban J connectivity index is 2.14. The summed E-state index contributed by atoms with van der Waals surface area (Å²) in [5.41, 5.74) is 0. The number of thiophene rings is 1. The molecule has 2 rings (SSSR count). The van der Waals surface area contributed by atoms with Gasteiger partial charge in [0.15, 0.2) is 0 Å². The number of hydrogen-bond donors (Lipinski definition) is 1. The van der Waals surface area contributed by atoms with Gasteiger partial charge in [0.1, 0.15) is 28.2 Å². The molecule has 0 aliphatic carbocycles. The molecule has 0 fully saturated rings. The van der Waals surface area contributed by atoms with Crippen molar-refractivity contribution in [2.45, 2.75) is 19.4 Å². The number of hydrogen-bond acceptors (Lipinski definition) is 5. The van der Waals surface area contributed by atoms with E-state index in [1.165, 1.54) is 11.3 Å². The predicted molar refractivity (Wildman–Crippen MR) is 81.0 cm³/mol. The number of nitrogens with one attached hydrogen (secondary N) is 1. The molecule has 0 radical (unpaired) electrons. The van der Waals surface area contributed by atoms with Gasteiger partial charge in [-0.15, -0.1) is 11.3 Å². The molecule has 2 heterocycles. The van der Waals surface area contributed by atoms with Crippen LogP contribution in [0.2, 0.25) is 0 Å². The molecule has 0 aliphatic heterocycles. The molecule has 6 heteroatoms. The van der Waals surface area contributed by atoms with Gasteiger partial charge in [-0.2, -0.15) is 0 Å². The van der Waals surface area contributed by atoms with E-state index >= 15 is 0 Å². The van der Waals surface area contributed by atoms with E-state index in [-0.39, 0.29) is 11.9 Å². The number of carbonyl (C=O) groups is 1. The van der Waals surface area contributed by atoms with Gasteiger partial charge in [0.25, 0.3) is 5.91 Å². The number of methoxy groups -OCH3 is 2. The zero-order valence-corrected chi connectivity index (χ0v) is 13.2. The molecule has 0 spiro atoms. The van der Waals surface area contributed by atoms with Crippen LogP contribution in [0.25, 0.3) is 0 Å². The molecule has 0 aliphatic rings. The summed E-state index contributed by atoms with van der Waals surface area (Å²) in [4.78, 5) is 12.9. The van der Waals surface area contributed by atoms with Crippen LogP contribution in [0.1, 0.15) is 34.2 Å². The lowest BCUT2D eigenvalue weighted by molar-refractivity contribution is 0.0883. The fraction of sp³-hybridized carbons (Fsp3) is 0.400. The zero-order valence-electron chi connectivity index (χ0n) is 12.3. The summed E-state index contributed by atoms with van der Waals surface area (Å²) in [6.45, 7) is 2.36. The van der Waals surface area contributed by atoms with Crippen LogP contribution in [-0.2, 0) is 11.2 Å². The quantitative estimate of drug-likeness (QED) is 0.854. The molecule has 2 aromatic rings. The van der Waals surface area contributed by atoms with Crippen LogP contribution in [0.5, 0.6) is 5.75 Å². The molecule has 1 N–H and O–H groups in total. The summed E-state index contributed by atoms with van der Waals surface area (Å²) in [5, 5.41) is 4.74. The minimum Gasteiger partial charge on any atom is -0.495 e. The number of furan rings is 1. The summed E-state index contributed by atoms with van der Waals surface area (Å²) >= 11 is 1.34. The maximum Gasteiger partial charge on any atom is 0.265 e. The number of carbonyl (C=O) groups excluding carboxylic acids is 1. The van der Waals surface area contributed by atoms with Crippen molar-refractivity contribution >= 4 is 17.2 Å². The van der Waals surface area contributed by atoms with Crippen molar-refractivity contribution in [1.82, 2.24) is 5.32 Å². The highest BCUT2D eigenvalue weighted by Crippen LogP contribution is 2.25. The first kappa shape index (κ1) is 15.6. The van der Waals surface area contributed by atoms with Crippen LogP contribution in [0.4, 0.5) is 0 Å². The molecule has 0 aromatic carbocycles. The molecule has 114 valence electrons. The Labute approximate surface area is 127 Å². The molecular weight excluding hydrogens is 290 g/mol. The van der Waals surface area contributed by atoms with Gasteiger partial charge in [-0.3, -0.25) is 4.79 Å². The van der Waals surface area contributed by atoms with Crippen LogP contribution >= 0.6 is 11.3 Å². The van der Waals surface area contributed by atoms with E-state index in [9.17, 15) is 4.79 Å². The van der Waals surface area contributed by atoms with Gasteiger partial charge in [0, 0.05) is 13.5 Å². The van der Waals surface area contributed by atoms with Gasteiger partial charge in [-0.25, -0.2) is 0 Å². The second-order valence-corrected chi connectivity index (χ2v) is 5.37. The molecular formula is C15H19NO4S. The van der Waals surface area contributed by atoms with Crippen LogP contribution < -0.4 is 10.1 Å². The lowest BCUT2D eigenvalue weighted by atomic mass is 10.2. The lowest BCUT2D eigenvalue weighted by Gasteiger charge is -2.15. The molecule has 0 saturated heterocycles. The standard InChI is InChI=1S/C15H19NO4S/c1-4-10-5-6-12(20-10)11(9-18-2)16-15(17)14-13(19-3)7-8-21-14/h5-8,11H,4,9H2,1-3H3,(H,16,17)/t11-/m1/s1. The number of amides is 1. The average Bonchev–Trinajstić information content (AvgIpc) is 3.15. The smallest absolute Gasteiger partial charge is 0.265 e. The van der Waals surface area contributed by atoms with Gasteiger partial charge in [-0.05, 0) is 23.6 Å². The zero-order chi connectivity index (χ0) is 15.2. The Morgan fingerprint density at radius 1 is 1.38 bits per heavy atom. The maximum absolute atomic E-state index is 12.3. The number of ether oxygens (including phenoxy) is 2. The van der Waals surface area contributed by atoms with Crippen molar-refractivity contribution in [2.24, 2.45) is 0 Å². The van der Waals surface area contributed by atoms with Gasteiger partial charge in [0.2, 0.25) is 0 Å². The van der Waals surface area contributed by atoms with Crippen molar-refractivity contribution in [3.8, 4) is 5.75 Å². The van der Waals surface area contributed by atoms with Gasteiger partial charge < -0.3 is 19.2 Å². The minimum atomic E-state index is -0.324. The normalized spacial score (nSPS) is 12.1. The Bertz CT molecular complexity index is 590. The van der Waals surface area contributed by atoms with E-state index in [1.54, 1.807) is 20.3 Å². The van der Waals surface area contributed by atoms with E-state index in [4.69, 9.17) is 13.9 Å². The molecule has 0 saturated carbocycles. The van der Waals surface area contributed by atoms with Gasteiger partial charge in [-0.1, -0.05) is 6.92 Å². The first-order valence-electron chi connectivity index (χ1n) is 6.69. The highest BCUT2D eigenvalue weighted by atomic mass is 32.1. The van der Waals surface area contributed by atoms with E-state index in [1.807, 2.05) is 24.4 Å². The van der Waals surface area contributed by atoms with Crippen molar-refractivity contribution in [3.63, 3.8) is 0 Å². The Hall–Kier alpha value is -1.79.